The Morgan fingerprint density at radius 3 is 2.37 bits per heavy atom. The number of hydrogen-bond donors (Lipinski definition) is 2. The molecule has 1 unspecified atom stereocenters. The van der Waals surface area contributed by atoms with Crippen molar-refractivity contribution in [2.75, 3.05) is 0 Å². The maximum atomic E-state index is 13.7. The van der Waals surface area contributed by atoms with Crippen LogP contribution in [0.15, 0.2) is 30.5 Å². The van der Waals surface area contributed by atoms with Gasteiger partial charge >= 0.3 is 0 Å². The first-order valence-corrected chi connectivity index (χ1v) is 5.26. The topological polar surface area (TPSA) is 50.9 Å². The first-order chi connectivity index (χ1) is 9.06. The minimum absolute atomic E-state index is 0.213. The van der Waals surface area contributed by atoms with E-state index in [-0.39, 0.29) is 11.3 Å². The van der Waals surface area contributed by atoms with E-state index in [0.717, 1.165) is 18.2 Å². The summed E-state index contributed by atoms with van der Waals surface area (Å²) in [6.07, 6.45) is 1.28. The van der Waals surface area contributed by atoms with Crippen molar-refractivity contribution in [2.24, 2.45) is 5.84 Å². The quantitative estimate of drug-likeness (QED) is 0.389. The highest BCUT2D eigenvalue weighted by atomic mass is 19.2. The molecule has 2 rings (SSSR count). The third-order valence-corrected chi connectivity index (χ3v) is 2.60. The van der Waals surface area contributed by atoms with Crippen LogP contribution in [0.3, 0.4) is 0 Å². The van der Waals surface area contributed by atoms with E-state index in [1.807, 2.05) is 0 Å². The van der Waals surface area contributed by atoms with Crippen molar-refractivity contribution in [1.82, 2.24) is 10.4 Å². The van der Waals surface area contributed by atoms with Crippen LogP contribution in [0.1, 0.15) is 17.3 Å². The summed E-state index contributed by atoms with van der Waals surface area (Å²) in [6.45, 7) is 0. The molecular formula is C12H9F4N3. The molecule has 3 nitrogen and oxygen atoms in total. The van der Waals surface area contributed by atoms with Gasteiger partial charge in [0.25, 0.3) is 0 Å². The molecule has 0 fully saturated rings. The lowest BCUT2D eigenvalue weighted by molar-refractivity contribution is 0.430. The lowest BCUT2D eigenvalue weighted by atomic mass is 10.0. The van der Waals surface area contributed by atoms with E-state index in [4.69, 9.17) is 5.84 Å². The average Bonchev–Trinajstić information content (AvgIpc) is 2.41. The highest BCUT2D eigenvalue weighted by Gasteiger charge is 2.24. The van der Waals surface area contributed by atoms with E-state index in [9.17, 15) is 17.6 Å². The van der Waals surface area contributed by atoms with Crippen LogP contribution in [-0.2, 0) is 0 Å². The molecule has 0 aliphatic carbocycles. The molecule has 0 saturated heterocycles. The molecule has 19 heavy (non-hydrogen) atoms. The molecule has 1 aromatic carbocycles. The normalized spacial score (nSPS) is 12.5. The van der Waals surface area contributed by atoms with Gasteiger partial charge in [0.1, 0.15) is 5.82 Å². The number of nitrogens with zero attached hydrogens (tertiary/aromatic N) is 1. The van der Waals surface area contributed by atoms with Crippen LogP contribution in [0.5, 0.6) is 0 Å². The van der Waals surface area contributed by atoms with Gasteiger partial charge in [-0.25, -0.2) is 23.0 Å². The van der Waals surface area contributed by atoms with Gasteiger partial charge in [-0.3, -0.25) is 10.8 Å². The first-order valence-electron chi connectivity index (χ1n) is 5.26. The Balaban J connectivity index is 2.55. The van der Waals surface area contributed by atoms with Crippen LogP contribution >= 0.6 is 0 Å². The lowest BCUT2D eigenvalue weighted by Crippen LogP contribution is -2.31. The van der Waals surface area contributed by atoms with E-state index in [1.165, 1.54) is 12.3 Å². The monoisotopic (exact) mass is 271 g/mol. The number of benzene rings is 1. The number of hydrazine groups is 1. The third kappa shape index (κ3) is 2.42. The Hall–Kier alpha value is -1.99. The molecule has 3 N–H and O–H groups in total. The van der Waals surface area contributed by atoms with Crippen molar-refractivity contribution in [1.29, 1.82) is 0 Å². The maximum Gasteiger partial charge on any atom is 0.194 e. The molecule has 2 aromatic rings. The Kier molecular flexibility index (Phi) is 3.77. The minimum Gasteiger partial charge on any atom is -0.271 e. The largest absolute Gasteiger partial charge is 0.271 e. The van der Waals surface area contributed by atoms with Crippen LogP contribution in [-0.4, -0.2) is 4.98 Å². The summed E-state index contributed by atoms with van der Waals surface area (Å²) >= 11 is 0. The van der Waals surface area contributed by atoms with E-state index in [1.54, 1.807) is 0 Å². The highest BCUT2D eigenvalue weighted by Crippen LogP contribution is 2.26. The summed E-state index contributed by atoms with van der Waals surface area (Å²) in [6, 6.07) is 2.93. The molecule has 0 saturated carbocycles. The molecule has 7 heteroatoms. The van der Waals surface area contributed by atoms with Crippen molar-refractivity contribution in [3.8, 4) is 0 Å². The van der Waals surface area contributed by atoms with E-state index >= 15 is 0 Å². The molecule has 0 spiro atoms. The fourth-order valence-electron chi connectivity index (χ4n) is 1.69. The molecule has 0 radical (unpaired) electrons. The van der Waals surface area contributed by atoms with Gasteiger partial charge in [-0.15, -0.1) is 0 Å². The zero-order valence-electron chi connectivity index (χ0n) is 9.50. The van der Waals surface area contributed by atoms with Gasteiger partial charge in [0, 0.05) is 11.8 Å². The summed E-state index contributed by atoms with van der Waals surface area (Å²) in [4.78, 5) is 3.72. The lowest BCUT2D eigenvalue weighted by Gasteiger charge is -2.17. The maximum absolute atomic E-state index is 13.7. The van der Waals surface area contributed by atoms with Crippen LogP contribution < -0.4 is 11.3 Å². The molecule has 0 aliphatic heterocycles. The van der Waals surface area contributed by atoms with Crippen molar-refractivity contribution in [3.63, 3.8) is 0 Å². The van der Waals surface area contributed by atoms with Gasteiger partial charge in [-0.1, -0.05) is 6.07 Å². The number of nitrogens with one attached hydrogen (secondary N) is 1. The Morgan fingerprint density at radius 1 is 1.00 bits per heavy atom. The molecule has 1 atom stereocenters. The highest BCUT2D eigenvalue weighted by molar-refractivity contribution is 5.30. The van der Waals surface area contributed by atoms with Gasteiger partial charge in [0.2, 0.25) is 0 Å². The van der Waals surface area contributed by atoms with Gasteiger partial charge in [0.05, 0.1) is 11.7 Å². The number of nitrogens with two attached hydrogens (primary N) is 1. The minimum atomic E-state index is -1.64. The van der Waals surface area contributed by atoms with Gasteiger partial charge in [-0.2, -0.15) is 0 Å². The van der Waals surface area contributed by atoms with Gasteiger partial charge in [-0.05, 0) is 18.2 Å². The predicted molar refractivity (Wildman–Crippen MR) is 59.7 cm³/mol. The average molecular weight is 271 g/mol. The number of halogens is 4. The molecular weight excluding hydrogens is 262 g/mol. The molecule has 0 aliphatic rings. The van der Waals surface area contributed by atoms with Crippen LogP contribution in [0.2, 0.25) is 0 Å². The number of rotatable bonds is 3. The van der Waals surface area contributed by atoms with E-state index < -0.39 is 29.3 Å². The standard InChI is InChI=1S/C12H9F4N3/c13-7-4-3-6(9(15)10(7)16)11(19-17)12-8(14)2-1-5-18-12/h1-5,11,19H,17H2. The summed E-state index contributed by atoms with van der Waals surface area (Å²) < 4.78 is 53.3. The van der Waals surface area contributed by atoms with Crippen molar-refractivity contribution >= 4 is 0 Å². The number of aromatic nitrogens is 1. The van der Waals surface area contributed by atoms with Crippen molar-refractivity contribution in [3.05, 3.63) is 65.0 Å². The molecule has 100 valence electrons. The van der Waals surface area contributed by atoms with Gasteiger partial charge < -0.3 is 0 Å². The molecule has 0 bridgehead atoms. The Bertz CT molecular complexity index is 604. The zero-order valence-corrected chi connectivity index (χ0v) is 9.50. The molecule has 1 aromatic heterocycles. The zero-order chi connectivity index (χ0) is 14.0. The van der Waals surface area contributed by atoms with Crippen LogP contribution in [0, 0.1) is 23.3 Å². The summed E-state index contributed by atoms with van der Waals surface area (Å²) in [5.41, 5.74) is 1.58. The second-order valence-corrected chi connectivity index (χ2v) is 3.73. The van der Waals surface area contributed by atoms with Crippen LogP contribution in [0.25, 0.3) is 0 Å². The summed E-state index contributed by atoms with van der Waals surface area (Å²) in [5.74, 6) is 0.0660. The summed E-state index contributed by atoms with van der Waals surface area (Å²) in [5, 5.41) is 0. The number of pyridine rings is 1. The predicted octanol–water partition coefficient (Wildman–Crippen LogP) is 2.19. The fraction of sp³-hybridized carbons (Fsp3) is 0.0833. The van der Waals surface area contributed by atoms with Crippen molar-refractivity contribution in [2.45, 2.75) is 6.04 Å². The number of hydrogen-bond acceptors (Lipinski definition) is 3. The molecule has 1 heterocycles. The SMILES string of the molecule is NNC(c1ccc(F)c(F)c1F)c1ncccc1F. The second-order valence-electron chi connectivity index (χ2n) is 3.73. The van der Waals surface area contributed by atoms with E-state index in [2.05, 4.69) is 10.4 Å². The van der Waals surface area contributed by atoms with E-state index in [0.29, 0.717) is 0 Å². The Labute approximate surface area is 106 Å². The summed E-state index contributed by atoms with van der Waals surface area (Å²) in [7, 11) is 0. The Morgan fingerprint density at radius 2 is 1.74 bits per heavy atom. The van der Waals surface area contributed by atoms with Crippen LogP contribution in [0.4, 0.5) is 17.6 Å². The van der Waals surface area contributed by atoms with Crippen molar-refractivity contribution < 1.29 is 17.6 Å². The van der Waals surface area contributed by atoms with Gasteiger partial charge in [0.15, 0.2) is 17.5 Å². The second kappa shape index (κ2) is 5.33. The third-order valence-electron chi connectivity index (χ3n) is 2.60. The molecule has 0 amide bonds. The fourth-order valence-corrected chi connectivity index (χ4v) is 1.69. The first kappa shape index (κ1) is 13.4. The smallest absolute Gasteiger partial charge is 0.194 e.